The number of Topliss-reactive ketones (excluding diaryl/α,β-unsaturated/α-hetero) is 1. The van der Waals surface area contributed by atoms with Crippen LogP contribution < -0.4 is 8.92 Å². The number of ketones is 1. The van der Waals surface area contributed by atoms with Gasteiger partial charge in [-0.05, 0) is 48.2 Å². The number of carbonyl (C=O) groups excluding carboxylic acids is 1. The molecule has 2 rings (SSSR count). The van der Waals surface area contributed by atoms with Crippen LogP contribution in [0.1, 0.15) is 43.6 Å². The molecule has 0 aliphatic rings. The van der Waals surface area contributed by atoms with Crippen molar-refractivity contribution in [3.05, 3.63) is 53.6 Å². The van der Waals surface area contributed by atoms with E-state index in [1.54, 1.807) is 12.1 Å². The van der Waals surface area contributed by atoms with Crippen molar-refractivity contribution in [2.24, 2.45) is 0 Å². The highest BCUT2D eigenvalue weighted by molar-refractivity contribution is 7.87. The van der Waals surface area contributed by atoms with Crippen LogP contribution in [-0.4, -0.2) is 21.3 Å². The van der Waals surface area contributed by atoms with Crippen molar-refractivity contribution in [3.8, 4) is 11.5 Å². The van der Waals surface area contributed by atoms with Crippen LogP contribution in [0, 0.1) is 0 Å². The lowest BCUT2D eigenvalue weighted by atomic mass is 9.87. The Labute approximate surface area is 148 Å². The monoisotopic (exact) mass is 362 g/mol. The van der Waals surface area contributed by atoms with Gasteiger partial charge in [-0.15, -0.1) is 0 Å². The third kappa shape index (κ3) is 4.39. The van der Waals surface area contributed by atoms with Crippen molar-refractivity contribution in [3.63, 3.8) is 0 Å². The van der Waals surface area contributed by atoms with E-state index in [9.17, 15) is 13.2 Å². The molecule has 0 heterocycles. The second-order valence-electron chi connectivity index (χ2n) is 6.73. The van der Waals surface area contributed by atoms with Crippen molar-refractivity contribution in [1.82, 2.24) is 0 Å². The summed E-state index contributed by atoms with van der Waals surface area (Å²) in [6.45, 7) is 7.57. The Hall–Kier alpha value is -2.34. The lowest BCUT2D eigenvalue weighted by Crippen LogP contribution is -2.13. The molecule has 0 saturated carbocycles. The lowest BCUT2D eigenvalue weighted by Gasteiger charge is -2.19. The quantitative estimate of drug-likeness (QED) is 0.595. The van der Waals surface area contributed by atoms with Crippen LogP contribution in [0.15, 0.2) is 47.4 Å². The predicted octanol–water partition coefficient (Wildman–Crippen LogP) is 3.96. The van der Waals surface area contributed by atoms with E-state index < -0.39 is 10.1 Å². The highest BCUT2D eigenvalue weighted by atomic mass is 32.2. The van der Waals surface area contributed by atoms with E-state index in [4.69, 9.17) is 8.92 Å². The maximum atomic E-state index is 12.5. The molecule has 0 radical (unpaired) electrons. The van der Waals surface area contributed by atoms with Gasteiger partial charge in [-0.3, -0.25) is 4.79 Å². The molecule has 0 fully saturated rings. The first-order valence-electron chi connectivity index (χ1n) is 7.78. The van der Waals surface area contributed by atoms with E-state index in [1.165, 1.54) is 44.4 Å². The van der Waals surface area contributed by atoms with Crippen LogP contribution in [0.25, 0.3) is 0 Å². The molecule has 0 saturated heterocycles. The van der Waals surface area contributed by atoms with Gasteiger partial charge in [0.05, 0.1) is 7.11 Å². The van der Waals surface area contributed by atoms with E-state index >= 15 is 0 Å². The number of ether oxygens (including phenoxy) is 1. The summed E-state index contributed by atoms with van der Waals surface area (Å²) in [5.74, 6) is 0.0699. The zero-order valence-electron chi connectivity index (χ0n) is 15.0. The van der Waals surface area contributed by atoms with Gasteiger partial charge in [-0.1, -0.05) is 32.9 Å². The minimum absolute atomic E-state index is 0.0346. The summed E-state index contributed by atoms with van der Waals surface area (Å²) in [6, 6.07) is 10.9. The van der Waals surface area contributed by atoms with Gasteiger partial charge >= 0.3 is 10.1 Å². The summed E-state index contributed by atoms with van der Waals surface area (Å²) in [4.78, 5) is 11.5. The number of hydrogen-bond donors (Lipinski definition) is 0. The van der Waals surface area contributed by atoms with E-state index in [0.717, 1.165) is 5.56 Å². The van der Waals surface area contributed by atoms with Gasteiger partial charge < -0.3 is 8.92 Å². The van der Waals surface area contributed by atoms with Crippen molar-refractivity contribution in [2.45, 2.75) is 38.0 Å². The normalized spacial score (nSPS) is 11.9. The third-order valence-electron chi connectivity index (χ3n) is 3.78. The van der Waals surface area contributed by atoms with E-state index in [0.29, 0.717) is 5.56 Å². The third-order valence-corrected chi connectivity index (χ3v) is 5.03. The molecule has 2 aromatic rings. The Morgan fingerprint density at radius 2 is 1.56 bits per heavy atom. The fourth-order valence-corrected chi connectivity index (χ4v) is 3.18. The highest BCUT2D eigenvalue weighted by Crippen LogP contribution is 2.31. The Balaban J connectivity index is 2.34. The molecule has 25 heavy (non-hydrogen) atoms. The smallest absolute Gasteiger partial charge is 0.339 e. The second kappa shape index (κ2) is 6.88. The minimum Gasteiger partial charge on any atom is -0.493 e. The number of methoxy groups -OCH3 is 1. The Bertz CT molecular complexity index is 875. The van der Waals surface area contributed by atoms with E-state index in [-0.39, 0.29) is 27.6 Å². The van der Waals surface area contributed by atoms with Crippen molar-refractivity contribution < 1.29 is 22.1 Å². The zero-order valence-corrected chi connectivity index (χ0v) is 15.8. The summed E-state index contributed by atoms with van der Waals surface area (Å²) in [5, 5.41) is 0. The van der Waals surface area contributed by atoms with Crippen LogP contribution in [-0.2, 0) is 15.5 Å². The van der Waals surface area contributed by atoms with Crippen LogP contribution in [0.3, 0.4) is 0 Å². The molecule has 6 heteroatoms. The van der Waals surface area contributed by atoms with E-state index in [1.807, 2.05) is 0 Å². The second-order valence-corrected chi connectivity index (χ2v) is 8.28. The minimum atomic E-state index is -4.01. The fraction of sp³-hybridized carbons (Fsp3) is 0.316. The van der Waals surface area contributed by atoms with Crippen molar-refractivity contribution >= 4 is 15.9 Å². The standard InChI is InChI=1S/C19H22O5S/c1-13(20)14-6-11-17(18(12-14)23-5)24-25(21,22)16-9-7-15(8-10-16)19(2,3)4/h6-12H,1-5H3. The average molecular weight is 362 g/mol. The van der Waals surface area contributed by atoms with Gasteiger partial charge in [0.15, 0.2) is 17.3 Å². The molecule has 0 unspecified atom stereocenters. The van der Waals surface area contributed by atoms with Crippen LogP contribution in [0.4, 0.5) is 0 Å². The molecule has 0 aliphatic heterocycles. The first-order chi connectivity index (χ1) is 11.5. The van der Waals surface area contributed by atoms with Gasteiger partial charge in [-0.25, -0.2) is 0 Å². The Kier molecular flexibility index (Phi) is 5.23. The SMILES string of the molecule is COc1cc(C(C)=O)ccc1OS(=O)(=O)c1ccc(C(C)(C)C)cc1. The first kappa shape index (κ1) is 19.0. The molecule has 0 bridgehead atoms. The van der Waals surface area contributed by atoms with Gasteiger partial charge in [0.2, 0.25) is 0 Å². The molecule has 2 aromatic carbocycles. The largest absolute Gasteiger partial charge is 0.493 e. The predicted molar refractivity (Wildman–Crippen MR) is 96.0 cm³/mol. The van der Waals surface area contributed by atoms with Crippen LogP contribution in [0.2, 0.25) is 0 Å². The lowest BCUT2D eigenvalue weighted by molar-refractivity contribution is 0.101. The van der Waals surface area contributed by atoms with Gasteiger partial charge in [-0.2, -0.15) is 8.42 Å². The molecular formula is C19H22O5S. The first-order valence-corrected chi connectivity index (χ1v) is 9.19. The van der Waals surface area contributed by atoms with E-state index in [2.05, 4.69) is 20.8 Å². The Morgan fingerprint density at radius 1 is 0.960 bits per heavy atom. The summed E-state index contributed by atoms with van der Waals surface area (Å²) in [6.07, 6.45) is 0. The fourth-order valence-electron chi connectivity index (χ4n) is 2.24. The molecule has 0 aromatic heterocycles. The Morgan fingerprint density at radius 3 is 2.04 bits per heavy atom. The number of benzene rings is 2. The van der Waals surface area contributed by atoms with Crippen molar-refractivity contribution in [1.29, 1.82) is 0 Å². The summed E-state index contributed by atoms with van der Waals surface area (Å²) >= 11 is 0. The topological polar surface area (TPSA) is 69.7 Å². The maximum Gasteiger partial charge on any atom is 0.339 e. The van der Waals surface area contributed by atoms with Crippen LogP contribution in [0.5, 0.6) is 11.5 Å². The molecule has 134 valence electrons. The molecular weight excluding hydrogens is 340 g/mol. The molecule has 0 spiro atoms. The molecule has 0 atom stereocenters. The van der Waals surface area contributed by atoms with Gasteiger partial charge in [0.25, 0.3) is 0 Å². The average Bonchev–Trinajstić information content (AvgIpc) is 2.54. The maximum absolute atomic E-state index is 12.5. The summed E-state index contributed by atoms with van der Waals surface area (Å²) in [7, 11) is -2.62. The van der Waals surface area contributed by atoms with Crippen molar-refractivity contribution in [2.75, 3.05) is 7.11 Å². The summed E-state index contributed by atoms with van der Waals surface area (Å²) < 4.78 is 35.4. The molecule has 5 nitrogen and oxygen atoms in total. The summed E-state index contributed by atoms with van der Waals surface area (Å²) in [5.41, 5.74) is 1.36. The highest BCUT2D eigenvalue weighted by Gasteiger charge is 2.21. The number of rotatable bonds is 5. The van der Waals surface area contributed by atoms with Gasteiger partial charge in [0, 0.05) is 5.56 Å². The molecule has 0 N–H and O–H groups in total. The van der Waals surface area contributed by atoms with Gasteiger partial charge in [0.1, 0.15) is 4.90 Å². The number of hydrogen-bond acceptors (Lipinski definition) is 5. The molecule has 0 amide bonds. The number of carbonyl (C=O) groups is 1. The zero-order chi connectivity index (χ0) is 18.8. The van der Waals surface area contributed by atoms with Crippen LogP contribution >= 0.6 is 0 Å². The molecule has 0 aliphatic carbocycles.